The standard InChI is InChI=1S/C15H23NO2.ClH/c17-10-11-18-15-8-6-13(7-9-15)12-16-14-4-2-1-3-5-14;/h6-9,14,16-17H,1-5,10-12H2;1H/p-1. The summed E-state index contributed by atoms with van der Waals surface area (Å²) >= 11 is 0. The van der Waals surface area contributed by atoms with Crippen LogP contribution in [-0.4, -0.2) is 24.4 Å². The van der Waals surface area contributed by atoms with Crippen molar-refractivity contribution >= 4 is 0 Å². The number of aliphatic hydroxyl groups is 1. The Morgan fingerprint density at radius 2 is 1.79 bits per heavy atom. The van der Waals surface area contributed by atoms with Gasteiger partial charge < -0.3 is 27.6 Å². The van der Waals surface area contributed by atoms with Crippen molar-refractivity contribution in [2.75, 3.05) is 13.2 Å². The Balaban J connectivity index is 0.00000180. The van der Waals surface area contributed by atoms with Crippen molar-refractivity contribution in [2.45, 2.75) is 44.7 Å². The maximum atomic E-state index is 8.68. The predicted molar refractivity (Wildman–Crippen MR) is 72.7 cm³/mol. The van der Waals surface area contributed by atoms with Crippen molar-refractivity contribution in [3.8, 4) is 5.75 Å². The SMILES string of the molecule is OCCOc1ccc(CNC2CCCCC2)cc1.[Cl-]. The fourth-order valence-electron chi connectivity index (χ4n) is 2.44. The smallest absolute Gasteiger partial charge is 0.119 e. The van der Waals surface area contributed by atoms with Crippen LogP contribution in [0.4, 0.5) is 0 Å². The molecule has 0 radical (unpaired) electrons. The van der Waals surface area contributed by atoms with Crippen LogP contribution in [0.3, 0.4) is 0 Å². The first-order valence-electron chi connectivity index (χ1n) is 6.94. The highest BCUT2D eigenvalue weighted by Gasteiger charge is 2.12. The second-order valence-electron chi connectivity index (χ2n) is 4.93. The molecule has 0 amide bonds. The van der Waals surface area contributed by atoms with Gasteiger partial charge in [0.05, 0.1) is 6.61 Å². The lowest BCUT2D eigenvalue weighted by Gasteiger charge is -2.22. The number of aliphatic hydroxyl groups excluding tert-OH is 1. The third-order valence-electron chi connectivity index (χ3n) is 3.48. The molecular formula is C15H23ClNO2-. The molecule has 1 saturated carbocycles. The molecule has 0 aromatic heterocycles. The lowest BCUT2D eigenvalue weighted by molar-refractivity contribution is -0.00000501. The molecule has 108 valence electrons. The van der Waals surface area contributed by atoms with Gasteiger partial charge in [0.15, 0.2) is 0 Å². The number of rotatable bonds is 6. The lowest BCUT2D eigenvalue weighted by atomic mass is 9.95. The zero-order valence-corrected chi connectivity index (χ0v) is 12.0. The molecule has 2 N–H and O–H groups in total. The zero-order chi connectivity index (χ0) is 12.6. The average Bonchev–Trinajstić information content (AvgIpc) is 2.45. The summed E-state index contributed by atoms with van der Waals surface area (Å²) in [5, 5.41) is 12.3. The van der Waals surface area contributed by atoms with Crippen LogP contribution in [0, 0.1) is 0 Å². The van der Waals surface area contributed by atoms with Crippen LogP contribution < -0.4 is 22.5 Å². The third kappa shape index (κ3) is 5.81. The van der Waals surface area contributed by atoms with Crippen molar-refractivity contribution < 1.29 is 22.3 Å². The number of hydrogen-bond acceptors (Lipinski definition) is 3. The van der Waals surface area contributed by atoms with Gasteiger partial charge in [-0.3, -0.25) is 0 Å². The maximum Gasteiger partial charge on any atom is 0.119 e. The van der Waals surface area contributed by atoms with Gasteiger partial charge in [0.25, 0.3) is 0 Å². The quantitative estimate of drug-likeness (QED) is 0.739. The van der Waals surface area contributed by atoms with Gasteiger partial charge in [-0.1, -0.05) is 31.4 Å². The maximum absolute atomic E-state index is 8.68. The first-order valence-corrected chi connectivity index (χ1v) is 6.94. The Morgan fingerprint density at radius 1 is 1.11 bits per heavy atom. The summed E-state index contributed by atoms with van der Waals surface area (Å²) in [4.78, 5) is 0. The Labute approximate surface area is 121 Å². The van der Waals surface area contributed by atoms with Crippen molar-refractivity contribution in [3.05, 3.63) is 29.8 Å². The molecule has 1 aliphatic carbocycles. The largest absolute Gasteiger partial charge is 1.00 e. The van der Waals surface area contributed by atoms with Gasteiger partial charge >= 0.3 is 0 Å². The molecule has 0 aliphatic heterocycles. The van der Waals surface area contributed by atoms with E-state index in [1.807, 2.05) is 12.1 Å². The molecule has 4 heteroatoms. The minimum absolute atomic E-state index is 0. The fourth-order valence-corrected chi connectivity index (χ4v) is 2.44. The highest BCUT2D eigenvalue weighted by molar-refractivity contribution is 5.27. The van der Waals surface area contributed by atoms with Crippen molar-refractivity contribution in [2.24, 2.45) is 0 Å². The molecule has 1 aliphatic rings. The van der Waals surface area contributed by atoms with E-state index in [0.29, 0.717) is 12.6 Å². The number of halogens is 1. The van der Waals surface area contributed by atoms with Crippen LogP contribution in [0.1, 0.15) is 37.7 Å². The molecule has 19 heavy (non-hydrogen) atoms. The zero-order valence-electron chi connectivity index (χ0n) is 11.3. The van der Waals surface area contributed by atoms with Gasteiger partial charge in [0, 0.05) is 12.6 Å². The monoisotopic (exact) mass is 284 g/mol. The van der Waals surface area contributed by atoms with E-state index in [4.69, 9.17) is 9.84 Å². The molecule has 2 rings (SSSR count). The molecule has 0 bridgehead atoms. The molecule has 0 saturated heterocycles. The Kier molecular flexibility index (Phi) is 7.87. The molecule has 1 fully saturated rings. The normalized spacial score (nSPS) is 15.8. The summed E-state index contributed by atoms with van der Waals surface area (Å²) in [5.41, 5.74) is 1.29. The number of benzene rings is 1. The van der Waals surface area contributed by atoms with Crippen molar-refractivity contribution in [1.82, 2.24) is 5.32 Å². The van der Waals surface area contributed by atoms with Gasteiger partial charge in [0.1, 0.15) is 12.4 Å². The van der Waals surface area contributed by atoms with Gasteiger partial charge in [-0.2, -0.15) is 0 Å². The number of hydrogen-bond donors (Lipinski definition) is 2. The second kappa shape index (κ2) is 9.18. The van der Waals surface area contributed by atoms with Crippen LogP contribution in [0.2, 0.25) is 0 Å². The summed E-state index contributed by atoms with van der Waals surface area (Å²) in [5.74, 6) is 0.825. The molecule has 0 atom stereocenters. The van der Waals surface area contributed by atoms with Crippen LogP contribution in [0.15, 0.2) is 24.3 Å². The molecule has 3 nitrogen and oxygen atoms in total. The fraction of sp³-hybridized carbons (Fsp3) is 0.600. The molecule has 0 heterocycles. The highest BCUT2D eigenvalue weighted by Crippen LogP contribution is 2.18. The van der Waals surface area contributed by atoms with E-state index >= 15 is 0 Å². The van der Waals surface area contributed by atoms with Gasteiger partial charge in [-0.15, -0.1) is 0 Å². The topological polar surface area (TPSA) is 41.5 Å². The van der Waals surface area contributed by atoms with E-state index in [0.717, 1.165) is 12.3 Å². The molecular weight excluding hydrogens is 262 g/mol. The molecule has 0 spiro atoms. The Morgan fingerprint density at radius 3 is 2.42 bits per heavy atom. The number of ether oxygens (including phenoxy) is 1. The summed E-state index contributed by atoms with van der Waals surface area (Å²) in [7, 11) is 0. The average molecular weight is 285 g/mol. The predicted octanol–water partition coefficient (Wildman–Crippen LogP) is -0.516. The van der Waals surface area contributed by atoms with Crippen molar-refractivity contribution in [1.29, 1.82) is 0 Å². The third-order valence-corrected chi connectivity index (χ3v) is 3.48. The van der Waals surface area contributed by atoms with E-state index in [2.05, 4.69) is 17.4 Å². The molecule has 1 aromatic carbocycles. The minimum Gasteiger partial charge on any atom is -1.00 e. The van der Waals surface area contributed by atoms with Crippen LogP contribution in [0.25, 0.3) is 0 Å². The van der Waals surface area contributed by atoms with Crippen molar-refractivity contribution in [3.63, 3.8) is 0 Å². The van der Waals surface area contributed by atoms with Crippen LogP contribution >= 0.6 is 0 Å². The van der Waals surface area contributed by atoms with E-state index in [9.17, 15) is 0 Å². The van der Waals surface area contributed by atoms with Gasteiger partial charge in [-0.25, -0.2) is 0 Å². The van der Waals surface area contributed by atoms with E-state index < -0.39 is 0 Å². The summed E-state index contributed by atoms with van der Waals surface area (Å²) in [6.07, 6.45) is 6.77. The Bertz CT molecular complexity index is 337. The van der Waals surface area contributed by atoms with Gasteiger partial charge in [-0.05, 0) is 30.5 Å². The summed E-state index contributed by atoms with van der Waals surface area (Å²) in [6.45, 7) is 1.36. The van der Waals surface area contributed by atoms with Crippen LogP contribution in [0.5, 0.6) is 5.75 Å². The molecule has 0 unspecified atom stereocenters. The van der Waals surface area contributed by atoms with E-state index in [1.165, 1.54) is 37.7 Å². The van der Waals surface area contributed by atoms with Gasteiger partial charge in [0.2, 0.25) is 0 Å². The first-order chi connectivity index (χ1) is 8.88. The summed E-state index contributed by atoms with van der Waals surface area (Å²) < 4.78 is 5.33. The lowest BCUT2D eigenvalue weighted by Crippen LogP contribution is -3.00. The molecule has 1 aromatic rings. The van der Waals surface area contributed by atoms with E-state index in [-0.39, 0.29) is 19.0 Å². The second-order valence-corrected chi connectivity index (χ2v) is 4.93. The van der Waals surface area contributed by atoms with E-state index in [1.54, 1.807) is 0 Å². The number of nitrogens with one attached hydrogen (secondary N) is 1. The van der Waals surface area contributed by atoms with Crippen LogP contribution in [-0.2, 0) is 6.54 Å². The first kappa shape index (κ1) is 16.3. The minimum atomic E-state index is 0. The highest BCUT2D eigenvalue weighted by atomic mass is 35.5. The summed E-state index contributed by atoms with van der Waals surface area (Å²) in [6, 6.07) is 8.80. The Hall–Kier alpha value is -0.770.